The number of hydrogen-bond acceptors (Lipinski definition) is 7. The molecule has 0 unspecified atom stereocenters. The van der Waals surface area contributed by atoms with Crippen molar-refractivity contribution in [1.82, 2.24) is 15.1 Å². The van der Waals surface area contributed by atoms with E-state index in [2.05, 4.69) is 20.4 Å². The van der Waals surface area contributed by atoms with Crippen molar-refractivity contribution in [1.29, 1.82) is 0 Å². The lowest BCUT2D eigenvalue weighted by molar-refractivity contribution is 0.208. The smallest absolute Gasteiger partial charge is 0.321 e. The Morgan fingerprint density at radius 3 is 2.06 bits per heavy atom. The molecule has 0 aliphatic carbocycles. The third-order valence-corrected chi connectivity index (χ3v) is 5.53. The molecular formula is C24H27N5O4. The van der Waals surface area contributed by atoms with Gasteiger partial charge >= 0.3 is 6.03 Å². The third kappa shape index (κ3) is 4.92. The standard InChI is InChI=1S/C24H27N5O4/c1-31-20-15-18(16-21(32-2)23(20)33-3)25-24(30)29-13-11-28(12-14-29)22-10-9-19(26-27-22)17-7-5-4-6-8-17/h4-10,15-16H,11-14H2,1-3H3,(H,25,30). The number of carbonyl (C=O) groups is 1. The van der Waals surface area contributed by atoms with E-state index in [1.165, 1.54) is 21.3 Å². The van der Waals surface area contributed by atoms with E-state index in [1.807, 2.05) is 42.5 Å². The highest BCUT2D eigenvalue weighted by molar-refractivity contribution is 5.90. The Morgan fingerprint density at radius 1 is 0.848 bits per heavy atom. The van der Waals surface area contributed by atoms with Crippen molar-refractivity contribution in [2.75, 3.05) is 57.7 Å². The first-order valence-electron chi connectivity index (χ1n) is 10.6. The number of carbonyl (C=O) groups excluding carboxylic acids is 1. The number of urea groups is 1. The van der Waals surface area contributed by atoms with Gasteiger partial charge in [-0.15, -0.1) is 10.2 Å². The number of aromatic nitrogens is 2. The monoisotopic (exact) mass is 449 g/mol. The quantitative estimate of drug-likeness (QED) is 0.616. The van der Waals surface area contributed by atoms with Crippen LogP contribution in [0, 0.1) is 0 Å². The number of ether oxygens (including phenoxy) is 3. The zero-order chi connectivity index (χ0) is 23.2. The van der Waals surface area contributed by atoms with Crippen molar-refractivity contribution < 1.29 is 19.0 Å². The third-order valence-electron chi connectivity index (χ3n) is 5.53. The summed E-state index contributed by atoms with van der Waals surface area (Å²) in [6.45, 7) is 2.47. The van der Waals surface area contributed by atoms with Crippen LogP contribution in [-0.4, -0.2) is 68.6 Å². The van der Waals surface area contributed by atoms with Crippen molar-refractivity contribution >= 4 is 17.5 Å². The van der Waals surface area contributed by atoms with Gasteiger partial charge in [0.05, 0.1) is 32.7 Å². The molecule has 0 bridgehead atoms. The van der Waals surface area contributed by atoms with E-state index < -0.39 is 0 Å². The SMILES string of the molecule is COc1cc(NC(=O)N2CCN(c3ccc(-c4ccccc4)nn3)CC2)cc(OC)c1OC. The molecule has 172 valence electrons. The van der Waals surface area contributed by atoms with Crippen LogP contribution in [0.15, 0.2) is 54.6 Å². The Morgan fingerprint density at radius 2 is 1.52 bits per heavy atom. The summed E-state index contributed by atoms with van der Waals surface area (Å²) < 4.78 is 16.0. The largest absolute Gasteiger partial charge is 0.493 e. The normalized spacial score (nSPS) is 13.4. The van der Waals surface area contributed by atoms with Crippen LogP contribution in [0.1, 0.15) is 0 Å². The van der Waals surface area contributed by atoms with Gasteiger partial charge in [-0.1, -0.05) is 30.3 Å². The summed E-state index contributed by atoms with van der Waals surface area (Å²) in [5, 5.41) is 11.7. The fourth-order valence-corrected chi connectivity index (χ4v) is 3.75. The Bertz CT molecular complexity index is 1060. The molecule has 3 aromatic rings. The molecule has 1 aliphatic heterocycles. The van der Waals surface area contributed by atoms with E-state index in [4.69, 9.17) is 14.2 Å². The van der Waals surface area contributed by atoms with Crippen LogP contribution in [0.3, 0.4) is 0 Å². The number of nitrogens with zero attached hydrogens (tertiary/aromatic N) is 4. The van der Waals surface area contributed by atoms with Crippen LogP contribution in [0.4, 0.5) is 16.3 Å². The highest BCUT2D eigenvalue weighted by Gasteiger charge is 2.23. The summed E-state index contributed by atoms with van der Waals surface area (Å²) >= 11 is 0. The van der Waals surface area contributed by atoms with Gasteiger partial charge in [-0.25, -0.2) is 4.79 Å². The van der Waals surface area contributed by atoms with Crippen LogP contribution in [0.2, 0.25) is 0 Å². The van der Waals surface area contributed by atoms with Crippen molar-refractivity contribution in [2.24, 2.45) is 0 Å². The highest BCUT2D eigenvalue weighted by atomic mass is 16.5. The van der Waals surface area contributed by atoms with Gasteiger partial charge in [-0.05, 0) is 12.1 Å². The van der Waals surface area contributed by atoms with E-state index in [1.54, 1.807) is 17.0 Å². The number of nitrogens with one attached hydrogen (secondary N) is 1. The summed E-state index contributed by atoms with van der Waals surface area (Å²) in [6.07, 6.45) is 0. The average molecular weight is 450 g/mol. The predicted octanol–water partition coefficient (Wildman–Crippen LogP) is 3.52. The number of benzene rings is 2. The van der Waals surface area contributed by atoms with Gasteiger partial charge in [0.25, 0.3) is 0 Å². The molecule has 1 saturated heterocycles. The van der Waals surface area contributed by atoms with Gasteiger partial charge < -0.3 is 29.3 Å². The van der Waals surface area contributed by atoms with Crippen LogP contribution in [0.5, 0.6) is 17.2 Å². The maximum absolute atomic E-state index is 12.8. The summed E-state index contributed by atoms with van der Waals surface area (Å²) in [4.78, 5) is 16.7. The number of methoxy groups -OCH3 is 3. The topological polar surface area (TPSA) is 89.1 Å². The molecule has 0 radical (unpaired) electrons. The van der Waals surface area contributed by atoms with Crippen molar-refractivity contribution in [3.05, 3.63) is 54.6 Å². The minimum Gasteiger partial charge on any atom is -0.493 e. The molecule has 0 atom stereocenters. The Hall–Kier alpha value is -4.01. The lowest BCUT2D eigenvalue weighted by Gasteiger charge is -2.35. The maximum Gasteiger partial charge on any atom is 0.321 e. The van der Waals surface area contributed by atoms with Crippen molar-refractivity contribution in [2.45, 2.75) is 0 Å². The predicted molar refractivity (Wildman–Crippen MR) is 126 cm³/mol. The van der Waals surface area contributed by atoms with Gasteiger partial charge in [0.1, 0.15) is 0 Å². The lowest BCUT2D eigenvalue weighted by atomic mass is 10.1. The molecule has 33 heavy (non-hydrogen) atoms. The molecule has 2 heterocycles. The average Bonchev–Trinajstić information content (AvgIpc) is 2.88. The number of hydrogen-bond donors (Lipinski definition) is 1. The van der Waals surface area contributed by atoms with Gasteiger partial charge in [-0.3, -0.25) is 0 Å². The molecular weight excluding hydrogens is 422 g/mol. The number of amides is 2. The van der Waals surface area contributed by atoms with Crippen molar-refractivity contribution in [3.8, 4) is 28.5 Å². The molecule has 1 N–H and O–H groups in total. The Balaban J connectivity index is 1.37. The first-order chi connectivity index (χ1) is 16.1. The fourth-order valence-electron chi connectivity index (χ4n) is 3.75. The van der Waals surface area contributed by atoms with E-state index in [0.29, 0.717) is 49.1 Å². The number of piperazine rings is 1. The van der Waals surface area contributed by atoms with E-state index in [0.717, 1.165) is 17.1 Å². The molecule has 9 heteroatoms. The van der Waals surface area contributed by atoms with E-state index in [9.17, 15) is 4.79 Å². The zero-order valence-corrected chi connectivity index (χ0v) is 18.9. The minimum absolute atomic E-state index is 0.186. The lowest BCUT2D eigenvalue weighted by Crippen LogP contribution is -2.50. The van der Waals surface area contributed by atoms with Crippen LogP contribution in [0.25, 0.3) is 11.3 Å². The second-order valence-electron chi connectivity index (χ2n) is 7.46. The molecule has 1 aromatic heterocycles. The number of rotatable bonds is 6. The van der Waals surface area contributed by atoms with Crippen LogP contribution >= 0.6 is 0 Å². The summed E-state index contributed by atoms with van der Waals surface area (Å²) in [5.74, 6) is 2.24. The summed E-state index contributed by atoms with van der Waals surface area (Å²) in [5.41, 5.74) is 2.44. The minimum atomic E-state index is -0.186. The first kappa shape index (κ1) is 22.2. The highest BCUT2D eigenvalue weighted by Crippen LogP contribution is 2.40. The molecule has 4 rings (SSSR count). The van der Waals surface area contributed by atoms with E-state index in [-0.39, 0.29) is 6.03 Å². The molecule has 1 aliphatic rings. The van der Waals surface area contributed by atoms with Crippen LogP contribution < -0.4 is 24.4 Å². The molecule has 2 aromatic carbocycles. The molecule has 0 saturated carbocycles. The first-order valence-corrected chi connectivity index (χ1v) is 10.6. The zero-order valence-electron chi connectivity index (χ0n) is 18.9. The van der Waals surface area contributed by atoms with Gasteiger partial charge in [0.2, 0.25) is 5.75 Å². The Kier molecular flexibility index (Phi) is 6.77. The van der Waals surface area contributed by atoms with Gasteiger partial charge in [0, 0.05) is 43.9 Å². The van der Waals surface area contributed by atoms with Crippen LogP contribution in [-0.2, 0) is 0 Å². The van der Waals surface area contributed by atoms with E-state index >= 15 is 0 Å². The second-order valence-corrected chi connectivity index (χ2v) is 7.46. The van der Waals surface area contributed by atoms with Gasteiger partial charge in [-0.2, -0.15) is 0 Å². The van der Waals surface area contributed by atoms with Gasteiger partial charge in [0.15, 0.2) is 17.3 Å². The number of anilines is 2. The summed E-state index contributed by atoms with van der Waals surface area (Å²) in [6, 6.07) is 17.1. The molecule has 9 nitrogen and oxygen atoms in total. The Labute approximate surface area is 192 Å². The molecule has 0 spiro atoms. The molecule has 1 fully saturated rings. The fraction of sp³-hybridized carbons (Fsp3) is 0.292. The summed E-state index contributed by atoms with van der Waals surface area (Å²) in [7, 11) is 4.62. The van der Waals surface area contributed by atoms with Crippen molar-refractivity contribution in [3.63, 3.8) is 0 Å². The molecule has 2 amide bonds. The second kappa shape index (κ2) is 10.1. The maximum atomic E-state index is 12.8.